The Kier molecular flexibility index (Phi) is 5.46. The second-order valence-corrected chi connectivity index (χ2v) is 7.33. The van der Waals surface area contributed by atoms with Crippen molar-refractivity contribution in [2.75, 3.05) is 11.9 Å². The lowest BCUT2D eigenvalue weighted by Crippen LogP contribution is -2.28. The van der Waals surface area contributed by atoms with Gasteiger partial charge in [-0.2, -0.15) is 0 Å². The quantitative estimate of drug-likeness (QED) is 0.465. The Labute approximate surface area is 171 Å². The molecule has 3 heterocycles. The number of amides is 2. The van der Waals surface area contributed by atoms with Crippen LogP contribution in [-0.2, 0) is 6.61 Å². The molecule has 3 aromatic heterocycles. The van der Waals surface area contributed by atoms with Gasteiger partial charge in [-0.25, -0.2) is 9.78 Å². The molecule has 0 aliphatic heterocycles. The zero-order chi connectivity index (χ0) is 20.2. The first-order valence-electron chi connectivity index (χ1n) is 9.14. The molecule has 0 unspecified atom stereocenters. The van der Waals surface area contributed by atoms with E-state index in [-0.39, 0.29) is 12.6 Å². The van der Waals surface area contributed by atoms with E-state index in [1.54, 1.807) is 18.6 Å². The summed E-state index contributed by atoms with van der Waals surface area (Å²) in [5.74, 6) is 0. The van der Waals surface area contributed by atoms with Crippen LogP contribution in [0.5, 0.6) is 0 Å². The van der Waals surface area contributed by atoms with Crippen molar-refractivity contribution < 1.29 is 9.90 Å². The third kappa shape index (κ3) is 4.08. The van der Waals surface area contributed by atoms with Gasteiger partial charge in [0.2, 0.25) is 0 Å². The molecule has 29 heavy (non-hydrogen) atoms. The molecule has 1 aromatic carbocycles. The maximum absolute atomic E-state index is 11.9. The third-order valence-electron chi connectivity index (χ3n) is 4.33. The van der Waals surface area contributed by atoms with Crippen LogP contribution in [-0.4, -0.2) is 32.6 Å². The van der Waals surface area contributed by atoms with Crippen molar-refractivity contribution in [2.24, 2.45) is 0 Å². The van der Waals surface area contributed by atoms with E-state index in [2.05, 4.69) is 25.6 Å². The number of aliphatic hydroxyl groups is 1. The zero-order valence-corrected chi connectivity index (χ0v) is 16.5. The van der Waals surface area contributed by atoms with Gasteiger partial charge >= 0.3 is 6.03 Å². The van der Waals surface area contributed by atoms with E-state index in [1.807, 2.05) is 43.3 Å². The second-order valence-electron chi connectivity index (χ2n) is 6.33. The van der Waals surface area contributed by atoms with Gasteiger partial charge in [0.1, 0.15) is 0 Å². The molecule has 0 saturated carbocycles. The normalized spacial score (nSPS) is 10.8. The van der Waals surface area contributed by atoms with Crippen molar-refractivity contribution in [3.8, 4) is 22.4 Å². The van der Waals surface area contributed by atoms with Crippen LogP contribution in [0.2, 0.25) is 0 Å². The lowest BCUT2D eigenvalue weighted by Gasteiger charge is -2.07. The van der Waals surface area contributed by atoms with E-state index in [0.717, 1.165) is 38.2 Å². The van der Waals surface area contributed by atoms with Crippen molar-refractivity contribution in [1.29, 1.82) is 0 Å². The summed E-state index contributed by atoms with van der Waals surface area (Å²) in [6.07, 6.45) is 5.19. The first-order chi connectivity index (χ1) is 14.2. The Morgan fingerprint density at radius 1 is 1.17 bits per heavy atom. The van der Waals surface area contributed by atoms with Gasteiger partial charge in [0.25, 0.3) is 0 Å². The molecule has 146 valence electrons. The standard InChI is InChI=1S/C21H19N5O2S/c1-2-23-20(28)26-21-25-18-9-15(14-4-3-7-22-11-14)8-16(19(18)29-21)17-6-5-13(12-27)10-24-17/h3-11,27H,2,12H2,1H3,(H2,23,25,26,28). The Balaban J connectivity index is 1.85. The zero-order valence-electron chi connectivity index (χ0n) is 15.7. The lowest BCUT2D eigenvalue weighted by atomic mass is 10.0. The number of carbonyl (C=O) groups is 1. The predicted molar refractivity (Wildman–Crippen MR) is 115 cm³/mol. The molecule has 0 atom stereocenters. The van der Waals surface area contributed by atoms with E-state index < -0.39 is 0 Å². The van der Waals surface area contributed by atoms with Gasteiger partial charge in [-0.1, -0.05) is 23.5 Å². The van der Waals surface area contributed by atoms with Gasteiger partial charge in [-0.05, 0) is 42.3 Å². The maximum atomic E-state index is 11.9. The van der Waals surface area contributed by atoms with E-state index in [9.17, 15) is 9.90 Å². The van der Waals surface area contributed by atoms with Crippen LogP contribution in [0.25, 0.3) is 32.6 Å². The summed E-state index contributed by atoms with van der Waals surface area (Å²) in [6.45, 7) is 2.34. The molecule has 4 rings (SSSR count). The summed E-state index contributed by atoms with van der Waals surface area (Å²) in [4.78, 5) is 25.2. The van der Waals surface area contributed by atoms with Crippen LogP contribution >= 0.6 is 11.3 Å². The van der Waals surface area contributed by atoms with Crippen LogP contribution in [0.1, 0.15) is 12.5 Å². The summed E-state index contributed by atoms with van der Waals surface area (Å²) in [7, 11) is 0. The van der Waals surface area contributed by atoms with Crippen LogP contribution in [0.3, 0.4) is 0 Å². The Bertz CT molecular complexity index is 1140. The molecule has 2 amide bonds. The van der Waals surface area contributed by atoms with Crippen LogP contribution in [0.4, 0.5) is 9.93 Å². The number of aliphatic hydroxyl groups excluding tert-OH is 1. The molecular formula is C21H19N5O2S. The molecule has 0 aliphatic rings. The first-order valence-corrected chi connectivity index (χ1v) is 9.95. The van der Waals surface area contributed by atoms with Crippen molar-refractivity contribution in [3.05, 3.63) is 60.6 Å². The molecule has 0 spiro atoms. The number of aromatic nitrogens is 3. The Morgan fingerprint density at radius 3 is 2.76 bits per heavy atom. The van der Waals surface area contributed by atoms with Crippen LogP contribution < -0.4 is 10.6 Å². The number of hydrogen-bond donors (Lipinski definition) is 3. The van der Waals surface area contributed by atoms with Crippen LogP contribution in [0, 0.1) is 0 Å². The average Bonchev–Trinajstić information content (AvgIpc) is 3.16. The summed E-state index contributed by atoms with van der Waals surface area (Å²) < 4.78 is 0.925. The van der Waals surface area contributed by atoms with Gasteiger partial charge in [-0.15, -0.1) is 0 Å². The summed E-state index contributed by atoms with van der Waals surface area (Å²) in [5, 5.41) is 15.3. The minimum absolute atomic E-state index is 0.0560. The number of thiazole rings is 1. The van der Waals surface area contributed by atoms with Crippen molar-refractivity contribution in [3.63, 3.8) is 0 Å². The van der Waals surface area contributed by atoms with Gasteiger partial charge in [0.15, 0.2) is 5.13 Å². The number of hydrogen-bond acceptors (Lipinski definition) is 6. The van der Waals surface area contributed by atoms with Crippen molar-refractivity contribution >= 4 is 32.7 Å². The fourth-order valence-electron chi connectivity index (χ4n) is 2.96. The molecule has 0 radical (unpaired) electrons. The molecule has 0 aliphatic carbocycles. The summed E-state index contributed by atoms with van der Waals surface area (Å²) in [6, 6.07) is 11.3. The Hall–Kier alpha value is -3.36. The third-order valence-corrected chi connectivity index (χ3v) is 5.35. The first kappa shape index (κ1) is 19.0. The smallest absolute Gasteiger partial charge is 0.321 e. The summed E-state index contributed by atoms with van der Waals surface area (Å²) >= 11 is 1.40. The van der Waals surface area contributed by atoms with Crippen molar-refractivity contribution in [2.45, 2.75) is 13.5 Å². The number of anilines is 1. The number of nitrogens with zero attached hydrogens (tertiary/aromatic N) is 3. The highest BCUT2D eigenvalue weighted by atomic mass is 32.1. The molecule has 8 heteroatoms. The maximum Gasteiger partial charge on any atom is 0.321 e. The van der Waals surface area contributed by atoms with E-state index in [0.29, 0.717) is 11.7 Å². The molecule has 0 bridgehead atoms. The number of pyridine rings is 2. The van der Waals surface area contributed by atoms with Gasteiger partial charge in [0, 0.05) is 36.3 Å². The highest BCUT2D eigenvalue weighted by Gasteiger charge is 2.15. The van der Waals surface area contributed by atoms with E-state index >= 15 is 0 Å². The minimum atomic E-state index is -0.286. The number of benzene rings is 1. The second kappa shape index (κ2) is 8.34. The largest absolute Gasteiger partial charge is 0.392 e. The minimum Gasteiger partial charge on any atom is -0.392 e. The SMILES string of the molecule is CCNC(=O)Nc1nc2cc(-c3cccnc3)cc(-c3ccc(CO)cn3)c2s1. The molecule has 0 fully saturated rings. The number of carbonyl (C=O) groups excluding carboxylic acids is 1. The molecule has 0 saturated heterocycles. The average molecular weight is 405 g/mol. The molecule has 7 nitrogen and oxygen atoms in total. The van der Waals surface area contributed by atoms with Crippen LogP contribution in [0.15, 0.2) is 55.0 Å². The van der Waals surface area contributed by atoms with Crippen molar-refractivity contribution in [1.82, 2.24) is 20.3 Å². The molecular weight excluding hydrogens is 386 g/mol. The number of nitrogens with one attached hydrogen (secondary N) is 2. The van der Waals surface area contributed by atoms with E-state index in [1.165, 1.54) is 11.3 Å². The fourth-order valence-corrected chi connectivity index (χ4v) is 3.92. The predicted octanol–water partition coefficient (Wildman–Crippen LogP) is 4.05. The fraction of sp³-hybridized carbons (Fsp3) is 0.143. The molecule has 4 aromatic rings. The topological polar surface area (TPSA) is 100 Å². The van der Waals surface area contributed by atoms with E-state index in [4.69, 9.17) is 0 Å². The Morgan fingerprint density at radius 2 is 2.07 bits per heavy atom. The van der Waals surface area contributed by atoms with Gasteiger partial charge < -0.3 is 10.4 Å². The highest BCUT2D eigenvalue weighted by Crippen LogP contribution is 2.38. The number of rotatable bonds is 5. The number of fused-ring (bicyclic) bond motifs is 1. The molecule has 3 N–H and O–H groups in total. The highest BCUT2D eigenvalue weighted by molar-refractivity contribution is 7.22. The number of urea groups is 1. The van der Waals surface area contributed by atoms with Gasteiger partial charge in [0.05, 0.1) is 22.5 Å². The monoisotopic (exact) mass is 405 g/mol. The summed E-state index contributed by atoms with van der Waals surface area (Å²) in [5.41, 5.74) is 5.12. The lowest BCUT2D eigenvalue weighted by molar-refractivity contribution is 0.252. The van der Waals surface area contributed by atoms with Gasteiger partial charge in [-0.3, -0.25) is 15.3 Å².